The van der Waals surface area contributed by atoms with Crippen molar-refractivity contribution in [1.82, 2.24) is 9.37 Å². The van der Waals surface area contributed by atoms with Crippen molar-refractivity contribution in [2.75, 3.05) is 31.1 Å². The highest BCUT2D eigenvalue weighted by molar-refractivity contribution is 7.99. The maximum absolute atomic E-state index is 12.7. The number of sulfonamides is 1. The highest BCUT2D eigenvalue weighted by atomic mass is 32.2. The van der Waals surface area contributed by atoms with E-state index in [1.165, 1.54) is 50.2 Å². The molecule has 29 heavy (non-hydrogen) atoms. The molecule has 1 heterocycles. The molecular formula is C19H21N3O5S2. The quantitative estimate of drug-likeness (QED) is 0.698. The maximum Gasteiger partial charge on any atom is 0.264 e. The summed E-state index contributed by atoms with van der Waals surface area (Å²) < 4.78 is 25.2. The SMILES string of the molecule is CON(C)S(=O)(=O)c1ccc(NC(=O)[C@@H]2CSCN2C(=O)c2ccccc2)cc1. The van der Waals surface area contributed by atoms with Gasteiger partial charge in [-0.05, 0) is 36.4 Å². The number of nitrogens with zero attached hydrogens (tertiary/aromatic N) is 2. The number of hydrogen-bond donors (Lipinski definition) is 1. The standard InChI is InChI=1S/C19H21N3O5S2/c1-21(27-2)29(25,26)16-10-8-15(9-11-16)20-18(23)17-12-28-13-22(17)19(24)14-6-4-3-5-7-14/h3-11,17H,12-13H2,1-2H3,(H,20,23)/t17-/m0/s1. The minimum Gasteiger partial charge on any atom is -0.324 e. The summed E-state index contributed by atoms with van der Waals surface area (Å²) in [5.74, 6) is 0.422. The largest absolute Gasteiger partial charge is 0.324 e. The highest BCUT2D eigenvalue weighted by Crippen LogP contribution is 2.25. The smallest absolute Gasteiger partial charge is 0.264 e. The van der Waals surface area contributed by atoms with Gasteiger partial charge in [0.05, 0.1) is 17.9 Å². The Kier molecular flexibility index (Phi) is 6.58. The number of rotatable bonds is 6. The number of carbonyl (C=O) groups is 2. The number of amides is 2. The third-order valence-corrected chi connectivity index (χ3v) is 7.19. The summed E-state index contributed by atoms with van der Waals surface area (Å²) in [6, 6.07) is 14.0. The molecule has 1 aliphatic rings. The zero-order valence-electron chi connectivity index (χ0n) is 15.9. The molecule has 1 aliphatic heterocycles. The summed E-state index contributed by atoms with van der Waals surface area (Å²) in [5.41, 5.74) is 0.975. The van der Waals surface area contributed by atoms with Gasteiger partial charge in [0.1, 0.15) is 6.04 Å². The van der Waals surface area contributed by atoms with Gasteiger partial charge in [0, 0.05) is 24.1 Å². The fourth-order valence-electron chi connectivity index (χ4n) is 2.79. The van der Waals surface area contributed by atoms with Crippen LogP contribution in [-0.2, 0) is 19.7 Å². The van der Waals surface area contributed by atoms with Crippen LogP contribution in [0.15, 0.2) is 59.5 Å². The predicted octanol–water partition coefficient (Wildman–Crippen LogP) is 2.02. The zero-order valence-corrected chi connectivity index (χ0v) is 17.6. The molecule has 2 amide bonds. The zero-order chi connectivity index (χ0) is 21.0. The Morgan fingerprint density at radius 3 is 2.41 bits per heavy atom. The predicted molar refractivity (Wildman–Crippen MR) is 111 cm³/mol. The Morgan fingerprint density at radius 1 is 1.14 bits per heavy atom. The van der Waals surface area contributed by atoms with Crippen molar-refractivity contribution < 1.29 is 22.8 Å². The average Bonchev–Trinajstić information content (AvgIpc) is 3.23. The van der Waals surface area contributed by atoms with Crippen molar-refractivity contribution in [3.05, 3.63) is 60.2 Å². The lowest BCUT2D eigenvalue weighted by atomic mass is 10.1. The molecule has 1 fully saturated rings. The molecule has 2 aromatic carbocycles. The van der Waals surface area contributed by atoms with Gasteiger partial charge in [-0.15, -0.1) is 11.8 Å². The van der Waals surface area contributed by atoms with Crippen LogP contribution in [0, 0.1) is 0 Å². The summed E-state index contributed by atoms with van der Waals surface area (Å²) in [4.78, 5) is 31.8. The Labute approximate surface area is 173 Å². The summed E-state index contributed by atoms with van der Waals surface area (Å²) in [6.07, 6.45) is 0. The van der Waals surface area contributed by atoms with Gasteiger partial charge in [0.25, 0.3) is 15.9 Å². The lowest BCUT2D eigenvalue weighted by molar-refractivity contribution is -0.119. The molecule has 1 saturated heterocycles. The first-order valence-electron chi connectivity index (χ1n) is 8.72. The molecular weight excluding hydrogens is 414 g/mol. The number of anilines is 1. The fourth-order valence-corrected chi connectivity index (χ4v) is 4.92. The van der Waals surface area contributed by atoms with Crippen LogP contribution in [0.1, 0.15) is 10.4 Å². The summed E-state index contributed by atoms with van der Waals surface area (Å²) >= 11 is 1.51. The lowest BCUT2D eigenvalue weighted by Crippen LogP contribution is -2.44. The Balaban J connectivity index is 1.70. The van der Waals surface area contributed by atoms with E-state index in [1.54, 1.807) is 29.2 Å². The van der Waals surface area contributed by atoms with Crippen LogP contribution in [0.25, 0.3) is 0 Å². The van der Waals surface area contributed by atoms with Crippen molar-refractivity contribution in [3.63, 3.8) is 0 Å². The van der Waals surface area contributed by atoms with Gasteiger partial charge < -0.3 is 10.2 Å². The van der Waals surface area contributed by atoms with E-state index >= 15 is 0 Å². The van der Waals surface area contributed by atoms with Crippen molar-refractivity contribution in [2.24, 2.45) is 0 Å². The molecule has 0 radical (unpaired) electrons. The lowest BCUT2D eigenvalue weighted by Gasteiger charge is -2.23. The van der Waals surface area contributed by atoms with Crippen LogP contribution in [0.2, 0.25) is 0 Å². The second-order valence-corrected chi connectivity index (χ2v) is 9.20. The number of nitrogens with one attached hydrogen (secondary N) is 1. The van der Waals surface area contributed by atoms with Gasteiger partial charge in [-0.3, -0.25) is 14.4 Å². The van der Waals surface area contributed by atoms with Gasteiger partial charge in [-0.1, -0.05) is 22.7 Å². The maximum atomic E-state index is 12.7. The van der Waals surface area contributed by atoms with Gasteiger partial charge in [0.15, 0.2) is 0 Å². The van der Waals surface area contributed by atoms with Crippen LogP contribution in [0.5, 0.6) is 0 Å². The van der Waals surface area contributed by atoms with Gasteiger partial charge in [0.2, 0.25) is 5.91 Å². The Morgan fingerprint density at radius 2 is 1.79 bits per heavy atom. The molecule has 8 nitrogen and oxygen atoms in total. The first kappa shape index (κ1) is 21.3. The Hall–Kier alpha value is -2.40. The molecule has 0 bridgehead atoms. The molecule has 0 saturated carbocycles. The van der Waals surface area contributed by atoms with Crippen molar-refractivity contribution in [1.29, 1.82) is 0 Å². The minimum atomic E-state index is -3.76. The van der Waals surface area contributed by atoms with E-state index in [9.17, 15) is 18.0 Å². The van der Waals surface area contributed by atoms with E-state index in [1.807, 2.05) is 6.07 Å². The monoisotopic (exact) mass is 435 g/mol. The van der Waals surface area contributed by atoms with E-state index in [-0.39, 0.29) is 16.7 Å². The second-order valence-electron chi connectivity index (χ2n) is 6.27. The molecule has 0 aliphatic carbocycles. The van der Waals surface area contributed by atoms with Crippen molar-refractivity contribution in [3.8, 4) is 0 Å². The van der Waals surface area contributed by atoms with E-state index in [0.717, 1.165) is 4.47 Å². The van der Waals surface area contributed by atoms with Crippen LogP contribution in [0.4, 0.5) is 5.69 Å². The second kappa shape index (κ2) is 8.95. The fraction of sp³-hybridized carbons (Fsp3) is 0.263. The number of thioether (sulfide) groups is 1. The number of carbonyl (C=O) groups excluding carboxylic acids is 2. The van der Waals surface area contributed by atoms with Gasteiger partial charge in [-0.25, -0.2) is 8.42 Å². The first-order valence-corrected chi connectivity index (χ1v) is 11.3. The van der Waals surface area contributed by atoms with Gasteiger partial charge in [-0.2, -0.15) is 0 Å². The topological polar surface area (TPSA) is 96.0 Å². The number of hydroxylamine groups is 1. The molecule has 0 aromatic heterocycles. The highest BCUT2D eigenvalue weighted by Gasteiger charge is 2.35. The summed E-state index contributed by atoms with van der Waals surface area (Å²) in [6.45, 7) is 0. The Bertz CT molecular complexity index is 981. The minimum absolute atomic E-state index is 0.0390. The van der Waals surface area contributed by atoms with Gasteiger partial charge >= 0.3 is 0 Å². The van der Waals surface area contributed by atoms with E-state index in [0.29, 0.717) is 22.9 Å². The van der Waals surface area contributed by atoms with Crippen LogP contribution in [0.3, 0.4) is 0 Å². The number of benzene rings is 2. The van der Waals surface area contributed by atoms with Crippen LogP contribution >= 0.6 is 11.8 Å². The van der Waals surface area contributed by atoms with Crippen LogP contribution < -0.4 is 5.32 Å². The molecule has 1 N–H and O–H groups in total. The van der Waals surface area contributed by atoms with E-state index in [2.05, 4.69) is 5.32 Å². The van der Waals surface area contributed by atoms with Crippen LogP contribution in [-0.4, -0.2) is 61.4 Å². The van der Waals surface area contributed by atoms with Crippen molar-refractivity contribution in [2.45, 2.75) is 10.9 Å². The summed E-state index contributed by atoms with van der Waals surface area (Å²) in [7, 11) is -1.21. The van der Waals surface area contributed by atoms with E-state index in [4.69, 9.17) is 4.84 Å². The molecule has 1 atom stereocenters. The normalized spacial score (nSPS) is 16.8. The van der Waals surface area contributed by atoms with E-state index < -0.39 is 16.1 Å². The summed E-state index contributed by atoms with van der Waals surface area (Å²) in [5, 5.41) is 2.76. The molecule has 154 valence electrons. The molecule has 10 heteroatoms. The third-order valence-electron chi connectivity index (χ3n) is 4.48. The third kappa shape index (κ3) is 4.61. The molecule has 3 rings (SSSR count). The first-order chi connectivity index (χ1) is 13.8. The number of hydrogen-bond acceptors (Lipinski definition) is 6. The molecule has 0 spiro atoms. The molecule has 0 unspecified atom stereocenters. The average molecular weight is 436 g/mol. The molecule has 2 aromatic rings. The van der Waals surface area contributed by atoms with Crippen molar-refractivity contribution >= 4 is 39.3 Å².